The van der Waals surface area contributed by atoms with Crippen LogP contribution in [0.5, 0.6) is 0 Å². The second-order valence-electron chi connectivity index (χ2n) is 5.82. The van der Waals surface area contributed by atoms with Gasteiger partial charge in [-0.2, -0.15) is 0 Å². The lowest BCUT2D eigenvalue weighted by Gasteiger charge is -2.30. The van der Waals surface area contributed by atoms with Crippen molar-refractivity contribution in [2.45, 2.75) is 44.8 Å². The van der Waals surface area contributed by atoms with E-state index in [0.717, 1.165) is 31.4 Å². The van der Waals surface area contributed by atoms with E-state index < -0.39 is 0 Å². The highest BCUT2D eigenvalue weighted by molar-refractivity contribution is 5.90. The van der Waals surface area contributed by atoms with E-state index in [1.807, 2.05) is 31.1 Å². The summed E-state index contributed by atoms with van der Waals surface area (Å²) in [5, 5.41) is 0. The van der Waals surface area contributed by atoms with Gasteiger partial charge in [-0.1, -0.05) is 0 Å². The Hall–Kier alpha value is -2.04. The fourth-order valence-electron chi connectivity index (χ4n) is 2.65. The minimum Gasteiger partial charge on any atom is -0.459 e. The van der Waals surface area contributed by atoms with Crippen molar-refractivity contribution in [2.75, 3.05) is 19.0 Å². The molecule has 1 aliphatic carbocycles. The van der Waals surface area contributed by atoms with Crippen molar-refractivity contribution in [3.05, 3.63) is 29.8 Å². The zero-order valence-corrected chi connectivity index (χ0v) is 13.4. The number of rotatable bonds is 4. The lowest BCUT2D eigenvalue weighted by molar-refractivity contribution is -0.155. The standard InChI is InChI=1S/C17H23NO4/c1-12(19)21-15-6-4-5-7-16(15)22-17(20)13-8-10-14(11-9-13)18(2)3/h8-11,15-16H,4-7H2,1-3H3/t15-,16+/m0/s1. The van der Waals surface area contributed by atoms with Crippen LogP contribution in [0.2, 0.25) is 0 Å². The average Bonchev–Trinajstić information content (AvgIpc) is 2.48. The van der Waals surface area contributed by atoms with E-state index in [1.54, 1.807) is 12.1 Å². The van der Waals surface area contributed by atoms with Gasteiger partial charge in [0.1, 0.15) is 12.2 Å². The Labute approximate surface area is 131 Å². The van der Waals surface area contributed by atoms with Gasteiger partial charge in [0.15, 0.2) is 0 Å². The maximum atomic E-state index is 12.2. The first kappa shape index (κ1) is 16.3. The number of nitrogens with zero attached hydrogens (tertiary/aromatic N) is 1. The smallest absolute Gasteiger partial charge is 0.338 e. The highest BCUT2D eigenvalue weighted by atomic mass is 16.6. The fourth-order valence-corrected chi connectivity index (χ4v) is 2.65. The molecule has 0 aliphatic heterocycles. The number of anilines is 1. The van der Waals surface area contributed by atoms with E-state index in [2.05, 4.69) is 0 Å². The molecule has 0 heterocycles. The van der Waals surface area contributed by atoms with Crippen LogP contribution < -0.4 is 4.90 Å². The van der Waals surface area contributed by atoms with Crippen LogP contribution in [-0.2, 0) is 14.3 Å². The van der Waals surface area contributed by atoms with Crippen molar-refractivity contribution >= 4 is 17.6 Å². The molecule has 0 spiro atoms. The highest BCUT2D eigenvalue weighted by Gasteiger charge is 2.31. The van der Waals surface area contributed by atoms with Gasteiger partial charge in [0.25, 0.3) is 0 Å². The predicted octanol–water partition coefficient (Wildman–Crippen LogP) is 2.78. The molecule has 1 aliphatic rings. The van der Waals surface area contributed by atoms with E-state index in [1.165, 1.54) is 6.92 Å². The molecule has 5 nitrogen and oxygen atoms in total. The van der Waals surface area contributed by atoms with E-state index >= 15 is 0 Å². The monoisotopic (exact) mass is 305 g/mol. The number of carbonyl (C=O) groups is 2. The SMILES string of the molecule is CC(=O)O[C@H]1CCCC[C@H]1OC(=O)c1ccc(N(C)C)cc1. The second-order valence-corrected chi connectivity index (χ2v) is 5.82. The first-order valence-corrected chi connectivity index (χ1v) is 7.63. The van der Waals surface area contributed by atoms with Crippen molar-refractivity contribution in [3.63, 3.8) is 0 Å². The summed E-state index contributed by atoms with van der Waals surface area (Å²) < 4.78 is 10.8. The summed E-state index contributed by atoms with van der Waals surface area (Å²) >= 11 is 0. The summed E-state index contributed by atoms with van der Waals surface area (Å²) in [7, 11) is 3.89. The lowest BCUT2D eigenvalue weighted by atomic mass is 9.94. The van der Waals surface area contributed by atoms with Crippen molar-refractivity contribution in [1.29, 1.82) is 0 Å². The average molecular weight is 305 g/mol. The molecule has 0 saturated heterocycles. The van der Waals surface area contributed by atoms with Crippen LogP contribution in [0.1, 0.15) is 43.0 Å². The molecule has 0 aromatic heterocycles. The Morgan fingerprint density at radius 2 is 1.55 bits per heavy atom. The molecule has 120 valence electrons. The molecule has 1 saturated carbocycles. The molecular weight excluding hydrogens is 282 g/mol. The first-order valence-electron chi connectivity index (χ1n) is 7.63. The fraction of sp³-hybridized carbons (Fsp3) is 0.529. The van der Waals surface area contributed by atoms with E-state index in [-0.39, 0.29) is 24.1 Å². The van der Waals surface area contributed by atoms with Crippen molar-refractivity contribution < 1.29 is 19.1 Å². The zero-order valence-electron chi connectivity index (χ0n) is 13.4. The summed E-state index contributed by atoms with van der Waals surface area (Å²) in [5.41, 5.74) is 1.53. The molecular formula is C17H23NO4. The third-order valence-electron chi connectivity index (χ3n) is 3.84. The number of ether oxygens (including phenoxy) is 2. The predicted molar refractivity (Wildman–Crippen MR) is 84.0 cm³/mol. The highest BCUT2D eigenvalue weighted by Crippen LogP contribution is 2.25. The molecule has 2 atom stereocenters. The quantitative estimate of drug-likeness (QED) is 0.801. The van der Waals surface area contributed by atoms with Crippen LogP contribution in [-0.4, -0.2) is 38.2 Å². The third kappa shape index (κ3) is 4.23. The summed E-state index contributed by atoms with van der Waals surface area (Å²) in [6.45, 7) is 1.38. The maximum Gasteiger partial charge on any atom is 0.338 e. The van der Waals surface area contributed by atoms with Gasteiger partial charge in [-0.25, -0.2) is 4.79 Å². The summed E-state index contributed by atoms with van der Waals surface area (Å²) in [6, 6.07) is 7.25. The van der Waals surface area contributed by atoms with E-state index in [9.17, 15) is 9.59 Å². The van der Waals surface area contributed by atoms with Crippen LogP contribution in [0.3, 0.4) is 0 Å². The molecule has 0 N–H and O–H groups in total. The Bertz CT molecular complexity index is 524. The van der Waals surface area contributed by atoms with Crippen LogP contribution in [0.15, 0.2) is 24.3 Å². The maximum absolute atomic E-state index is 12.2. The Balaban J connectivity index is 2.01. The van der Waals surface area contributed by atoms with E-state index in [0.29, 0.717) is 5.56 Å². The van der Waals surface area contributed by atoms with Gasteiger partial charge >= 0.3 is 11.9 Å². The second kappa shape index (κ2) is 7.29. The molecule has 1 aromatic carbocycles. The molecule has 2 rings (SSSR count). The van der Waals surface area contributed by atoms with Gasteiger partial charge in [0.2, 0.25) is 0 Å². The number of hydrogen-bond acceptors (Lipinski definition) is 5. The molecule has 22 heavy (non-hydrogen) atoms. The van der Waals surface area contributed by atoms with Crippen molar-refractivity contribution in [2.24, 2.45) is 0 Å². The number of hydrogen-bond donors (Lipinski definition) is 0. The van der Waals surface area contributed by atoms with Crippen LogP contribution in [0, 0.1) is 0 Å². The van der Waals surface area contributed by atoms with E-state index in [4.69, 9.17) is 9.47 Å². The summed E-state index contributed by atoms with van der Waals surface area (Å²) in [5.74, 6) is -0.697. The zero-order chi connectivity index (χ0) is 16.1. The molecule has 1 fully saturated rings. The Morgan fingerprint density at radius 3 is 2.05 bits per heavy atom. The Kier molecular flexibility index (Phi) is 5.41. The Morgan fingerprint density at radius 1 is 1.00 bits per heavy atom. The lowest BCUT2D eigenvalue weighted by Crippen LogP contribution is -2.37. The summed E-state index contributed by atoms with van der Waals surface area (Å²) in [6.07, 6.45) is 2.78. The van der Waals surface area contributed by atoms with Crippen molar-refractivity contribution in [1.82, 2.24) is 0 Å². The minimum atomic E-state index is -0.366. The summed E-state index contributed by atoms with van der Waals surface area (Å²) in [4.78, 5) is 25.4. The molecule has 0 unspecified atom stereocenters. The largest absolute Gasteiger partial charge is 0.459 e. The van der Waals surface area contributed by atoms with Gasteiger partial charge in [0, 0.05) is 26.7 Å². The van der Waals surface area contributed by atoms with Gasteiger partial charge in [-0.3, -0.25) is 4.79 Å². The van der Waals surface area contributed by atoms with Crippen molar-refractivity contribution in [3.8, 4) is 0 Å². The number of esters is 2. The minimum absolute atomic E-state index is 0.323. The van der Waals surface area contributed by atoms with Gasteiger partial charge in [-0.05, 0) is 49.9 Å². The molecule has 1 aromatic rings. The topological polar surface area (TPSA) is 55.8 Å². The molecule has 0 bridgehead atoms. The van der Waals surface area contributed by atoms with Gasteiger partial charge < -0.3 is 14.4 Å². The van der Waals surface area contributed by atoms with Crippen LogP contribution in [0.4, 0.5) is 5.69 Å². The van der Waals surface area contributed by atoms with Gasteiger partial charge in [-0.15, -0.1) is 0 Å². The normalized spacial score (nSPS) is 21.0. The first-order chi connectivity index (χ1) is 10.5. The van der Waals surface area contributed by atoms with Crippen LogP contribution >= 0.6 is 0 Å². The third-order valence-corrected chi connectivity index (χ3v) is 3.84. The molecule has 5 heteroatoms. The molecule has 0 amide bonds. The number of benzene rings is 1. The molecule has 0 radical (unpaired) electrons. The van der Waals surface area contributed by atoms with Gasteiger partial charge in [0.05, 0.1) is 5.56 Å². The number of carbonyl (C=O) groups excluding carboxylic acids is 2. The van der Waals surface area contributed by atoms with Crippen LogP contribution in [0.25, 0.3) is 0 Å².